The lowest BCUT2D eigenvalue weighted by Gasteiger charge is -2.15. The van der Waals surface area contributed by atoms with E-state index in [1.165, 1.54) is 0 Å². The Hall–Kier alpha value is -0.563. The van der Waals surface area contributed by atoms with E-state index in [1.807, 2.05) is 18.2 Å². The van der Waals surface area contributed by atoms with E-state index in [9.17, 15) is 0 Å². The van der Waals surface area contributed by atoms with Gasteiger partial charge in [-0.05, 0) is 34.1 Å². The number of methoxy groups -OCH3 is 1. The largest absolute Gasteiger partial charge is 0.490 e. The third-order valence-corrected chi connectivity index (χ3v) is 5.11. The van der Waals surface area contributed by atoms with Gasteiger partial charge in [0, 0.05) is 27.9 Å². The fraction of sp³-hybridized carbons (Fsp3) is 0.600. The topological polar surface area (TPSA) is 36.9 Å². The molecule has 0 aliphatic rings. The number of ether oxygens (including phenoxy) is 4. The minimum absolute atomic E-state index is 0.267. The Balaban J connectivity index is 2.36. The average Bonchev–Trinajstić information content (AvgIpc) is 2.40. The third kappa shape index (κ3) is 8.46. The van der Waals surface area contributed by atoms with Crippen LogP contribution in [0, 0.1) is 0 Å². The lowest BCUT2D eigenvalue weighted by Crippen LogP contribution is -2.22. The van der Waals surface area contributed by atoms with Crippen LogP contribution in [0.15, 0.2) is 22.7 Å². The van der Waals surface area contributed by atoms with Crippen molar-refractivity contribution in [3.05, 3.63) is 22.7 Å². The van der Waals surface area contributed by atoms with Crippen molar-refractivity contribution < 1.29 is 18.9 Å². The van der Waals surface area contributed by atoms with E-state index in [1.54, 1.807) is 7.11 Å². The summed E-state index contributed by atoms with van der Waals surface area (Å²) in [6.45, 7) is 9.07. The molecule has 1 aromatic rings. The van der Waals surface area contributed by atoms with Gasteiger partial charge in [0.05, 0.1) is 11.1 Å². The molecule has 0 atom stereocenters. The van der Waals surface area contributed by atoms with Crippen molar-refractivity contribution in [3.8, 4) is 11.5 Å². The van der Waals surface area contributed by atoms with Crippen molar-refractivity contribution in [3.63, 3.8) is 0 Å². The number of halogens is 1. The summed E-state index contributed by atoms with van der Waals surface area (Å²) in [5.41, 5.74) is 0. The Kier molecular flexibility index (Phi) is 8.32. The zero-order valence-corrected chi connectivity index (χ0v) is 15.9. The Morgan fingerprint density at radius 3 is 2.48 bits per heavy atom. The van der Waals surface area contributed by atoms with Gasteiger partial charge in [0.1, 0.15) is 18.1 Å². The monoisotopic (exact) mass is 376 g/mol. The number of hydrogen-bond donors (Lipinski definition) is 0. The predicted molar refractivity (Wildman–Crippen MR) is 91.1 cm³/mol. The molecule has 0 aliphatic carbocycles. The molecule has 0 N–H and O–H groups in total. The van der Waals surface area contributed by atoms with Crippen LogP contribution in [-0.2, 0) is 9.47 Å². The second kappa shape index (κ2) is 9.45. The smallest absolute Gasteiger partial charge is 0.189 e. The molecule has 0 spiro atoms. The molecule has 21 heavy (non-hydrogen) atoms. The van der Waals surface area contributed by atoms with Gasteiger partial charge in [0.2, 0.25) is 0 Å². The van der Waals surface area contributed by atoms with Crippen LogP contribution >= 0.6 is 15.9 Å². The van der Waals surface area contributed by atoms with E-state index in [4.69, 9.17) is 18.9 Å². The summed E-state index contributed by atoms with van der Waals surface area (Å²) in [5.74, 6) is 1.48. The van der Waals surface area contributed by atoms with Gasteiger partial charge in [0.25, 0.3) is 0 Å². The first-order valence-electron chi connectivity index (χ1n) is 7.04. The highest BCUT2D eigenvalue weighted by Crippen LogP contribution is 2.29. The summed E-state index contributed by atoms with van der Waals surface area (Å²) in [7, 11) is 0.608. The highest BCUT2D eigenvalue weighted by atomic mass is 79.9. The van der Waals surface area contributed by atoms with E-state index in [2.05, 4.69) is 35.6 Å². The van der Waals surface area contributed by atoms with Gasteiger partial charge >= 0.3 is 0 Å². The minimum Gasteiger partial charge on any atom is -0.490 e. The lowest BCUT2D eigenvalue weighted by molar-refractivity contribution is 0.0219. The van der Waals surface area contributed by atoms with Crippen molar-refractivity contribution in [1.29, 1.82) is 0 Å². The van der Waals surface area contributed by atoms with Crippen LogP contribution in [0.5, 0.6) is 11.5 Å². The second-order valence-corrected chi connectivity index (χ2v) is 12.4. The molecule has 0 heterocycles. The molecular formula is C15H25BrO4Si. The van der Waals surface area contributed by atoms with Gasteiger partial charge in [-0.25, -0.2) is 0 Å². The van der Waals surface area contributed by atoms with E-state index >= 15 is 0 Å². The second-order valence-electron chi connectivity index (χ2n) is 5.91. The van der Waals surface area contributed by atoms with Crippen molar-refractivity contribution in [1.82, 2.24) is 0 Å². The molecule has 0 unspecified atom stereocenters. The molecule has 120 valence electrons. The lowest BCUT2D eigenvalue weighted by atomic mass is 10.3. The maximum Gasteiger partial charge on any atom is 0.189 e. The van der Waals surface area contributed by atoms with Crippen LogP contribution < -0.4 is 9.47 Å². The van der Waals surface area contributed by atoms with Gasteiger partial charge in [-0.2, -0.15) is 0 Å². The van der Waals surface area contributed by atoms with Crippen molar-refractivity contribution >= 4 is 24.0 Å². The Morgan fingerprint density at radius 2 is 1.81 bits per heavy atom. The minimum atomic E-state index is -1.04. The van der Waals surface area contributed by atoms with Crippen LogP contribution in [-0.4, -0.2) is 41.8 Å². The highest BCUT2D eigenvalue weighted by molar-refractivity contribution is 9.10. The van der Waals surface area contributed by atoms with Crippen LogP contribution in [0.1, 0.15) is 0 Å². The summed E-state index contributed by atoms with van der Waals surface area (Å²) < 4.78 is 22.6. The SMILES string of the molecule is COCCOc1cc(OCOCC[Si](C)(C)C)ccc1Br. The predicted octanol–water partition coefficient (Wildman–Crippen LogP) is 4.17. The Morgan fingerprint density at radius 1 is 1.05 bits per heavy atom. The third-order valence-electron chi connectivity index (χ3n) is 2.75. The molecule has 0 bridgehead atoms. The highest BCUT2D eigenvalue weighted by Gasteiger charge is 2.12. The summed E-state index contributed by atoms with van der Waals surface area (Å²) in [6.07, 6.45) is 0. The van der Waals surface area contributed by atoms with Crippen LogP contribution in [0.4, 0.5) is 0 Å². The molecule has 0 radical (unpaired) electrons. The van der Waals surface area contributed by atoms with Gasteiger partial charge in [-0.1, -0.05) is 19.6 Å². The van der Waals surface area contributed by atoms with Gasteiger partial charge in [-0.15, -0.1) is 0 Å². The molecule has 0 aromatic heterocycles. The normalized spacial score (nSPS) is 11.5. The van der Waals surface area contributed by atoms with E-state index < -0.39 is 8.07 Å². The number of rotatable bonds is 10. The summed E-state index contributed by atoms with van der Waals surface area (Å²) in [6, 6.07) is 6.78. The van der Waals surface area contributed by atoms with Crippen LogP contribution in [0.2, 0.25) is 25.7 Å². The molecule has 0 saturated heterocycles. The van der Waals surface area contributed by atoms with Gasteiger partial charge in [-0.3, -0.25) is 0 Å². The maximum atomic E-state index is 5.60. The van der Waals surface area contributed by atoms with E-state index in [-0.39, 0.29) is 6.79 Å². The standard InChI is InChI=1S/C15H25BrO4Si/c1-17-7-8-19-15-11-13(5-6-14(15)16)20-12-18-9-10-21(2,3)4/h5-6,11H,7-10,12H2,1-4H3. The first-order valence-corrected chi connectivity index (χ1v) is 11.5. The molecule has 0 aliphatic heterocycles. The van der Waals surface area contributed by atoms with Crippen molar-refractivity contribution in [2.75, 3.05) is 33.7 Å². The summed E-state index contributed by atoms with van der Waals surface area (Å²) >= 11 is 3.45. The van der Waals surface area contributed by atoms with Crippen LogP contribution in [0.3, 0.4) is 0 Å². The molecular weight excluding hydrogens is 352 g/mol. The average molecular weight is 377 g/mol. The summed E-state index contributed by atoms with van der Waals surface area (Å²) in [5, 5.41) is 0. The van der Waals surface area contributed by atoms with Crippen molar-refractivity contribution in [2.24, 2.45) is 0 Å². The van der Waals surface area contributed by atoms with E-state index in [0.29, 0.717) is 13.2 Å². The maximum absolute atomic E-state index is 5.60. The fourth-order valence-corrected chi connectivity index (χ4v) is 2.58. The first kappa shape index (κ1) is 18.5. The molecule has 0 saturated carbocycles. The van der Waals surface area contributed by atoms with Gasteiger partial charge in [0.15, 0.2) is 6.79 Å². The zero-order valence-electron chi connectivity index (χ0n) is 13.3. The summed E-state index contributed by atoms with van der Waals surface area (Å²) in [4.78, 5) is 0. The van der Waals surface area contributed by atoms with Crippen molar-refractivity contribution in [2.45, 2.75) is 25.7 Å². The Labute approximate surface area is 136 Å². The molecule has 1 aromatic carbocycles. The Bertz CT molecular complexity index is 421. The number of benzene rings is 1. The van der Waals surface area contributed by atoms with Crippen LogP contribution in [0.25, 0.3) is 0 Å². The zero-order chi connectivity index (χ0) is 15.7. The van der Waals surface area contributed by atoms with E-state index in [0.717, 1.165) is 28.6 Å². The molecule has 1 rings (SSSR count). The quantitative estimate of drug-likeness (QED) is 0.349. The fourth-order valence-electron chi connectivity index (χ4n) is 1.47. The first-order chi connectivity index (χ1) is 9.92. The molecule has 0 fully saturated rings. The number of hydrogen-bond acceptors (Lipinski definition) is 4. The van der Waals surface area contributed by atoms with Gasteiger partial charge < -0.3 is 18.9 Å². The molecule has 4 nitrogen and oxygen atoms in total. The molecule has 6 heteroatoms. The molecule has 0 amide bonds.